The lowest BCUT2D eigenvalue weighted by Crippen LogP contribution is -2.38. The van der Waals surface area contributed by atoms with Gasteiger partial charge in [-0.2, -0.15) is 5.26 Å². The van der Waals surface area contributed by atoms with Gasteiger partial charge in [0.15, 0.2) is 11.5 Å². The van der Waals surface area contributed by atoms with Crippen LogP contribution < -0.4 is 29.6 Å². The first kappa shape index (κ1) is 37.9. The van der Waals surface area contributed by atoms with E-state index >= 15 is 0 Å². The number of fused-ring (bicyclic) bond motifs is 1. The second kappa shape index (κ2) is 18.8. The Kier molecular flexibility index (Phi) is 13.7. The lowest BCUT2D eigenvalue weighted by atomic mass is 9.96. The van der Waals surface area contributed by atoms with Gasteiger partial charge in [-0.3, -0.25) is 14.6 Å². The number of rotatable bonds is 19. The monoisotopic (exact) mass is 728 g/mol. The van der Waals surface area contributed by atoms with Crippen LogP contribution in [-0.4, -0.2) is 59.5 Å². The predicted octanol–water partition coefficient (Wildman–Crippen LogP) is 6.29. The fourth-order valence-corrected chi connectivity index (χ4v) is 5.90. The van der Waals surface area contributed by atoms with Crippen LogP contribution in [0.1, 0.15) is 53.5 Å². The van der Waals surface area contributed by atoms with Crippen LogP contribution in [0.4, 0.5) is 0 Å². The molecule has 1 atom stereocenters. The topological polar surface area (TPSA) is 172 Å². The minimum absolute atomic E-state index is 0.0679. The van der Waals surface area contributed by atoms with Crippen LogP contribution in [0.25, 0.3) is 11.1 Å². The molecular weight excluding hydrogens is 688 g/mol. The van der Waals surface area contributed by atoms with Crippen LogP contribution in [0.3, 0.4) is 0 Å². The summed E-state index contributed by atoms with van der Waals surface area (Å²) in [5.74, 6) is 0.623. The van der Waals surface area contributed by atoms with E-state index in [2.05, 4.69) is 21.7 Å². The molecular formula is C39H41ClN4O8. The average molecular weight is 729 g/mol. The highest BCUT2D eigenvalue weighted by Gasteiger charge is 2.22. The van der Waals surface area contributed by atoms with Crippen molar-refractivity contribution in [2.75, 3.05) is 26.2 Å². The van der Waals surface area contributed by atoms with Gasteiger partial charge in [0.05, 0.1) is 10.6 Å². The molecule has 0 spiro atoms. The SMILES string of the molecule is Cc1c(COc2cc(OCc3cncc(C#N)c3)c(CNCCCC(=O)O)cc2Cl)cccc1-c1ccc2c(c1)OC(CNCCCC(=O)O)CO2. The summed E-state index contributed by atoms with van der Waals surface area (Å²) in [5, 5.41) is 33.9. The Labute approximate surface area is 307 Å². The molecule has 1 unspecified atom stereocenters. The number of carbonyl (C=O) groups is 2. The molecule has 52 heavy (non-hydrogen) atoms. The van der Waals surface area contributed by atoms with Crippen molar-refractivity contribution in [2.24, 2.45) is 0 Å². The molecule has 2 heterocycles. The highest BCUT2D eigenvalue weighted by atomic mass is 35.5. The van der Waals surface area contributed by atoms with Gasteiger partial charge in [-0.15, -0.1) is 0 Å². The van der Waals surface area contributed by atoms with Gasteiger partial charge < -0.3 is 39.8 Å². The van der Waals surface area contributed by atoms with Crippen LogP contribution in [0.15, 0.2) is 67.0 Å². The lowest BCUT2D eigenvalue weighted by Gasteiger charge is -2.27. The van der Waals surface area contributed by atoms with Gasteiger partial charge >= 0.3 is 11.9 Å². The molecule has 4 N–H and O–H groups in total. The first-order valence-corrected chi connectivity index (χ1v) is 17.4. The molecule has 1 aromatic heterocycles. The van der Waals surface area contributed by atoms with Crippen molar-refractivity contribution < 1.29 is 38.7 Å². The zero-order valence-corrected chi connectivity index (χ0v) is 29.6. The highest BCUT2D eigenvalue weighted by molar-refractivity contribution is 6.32. The molecule has 1 aliphatic heterocycles. The number of hydrogen-bond donors (Lipinski definition) is 4. The molecule has 0 aliphatic carbocycles. The first-order valence-electron chi connectivity index (χ1n) is 17.0. The molecule has 3 aromatic carbocycles. The lowest BCUT2D eigenvalue weighted by molar-refractivity contribution is -0.138. The summed E-state index contributed by atoms with van der Waals surface area (Å²) in [5.41, 5.74) is 5.87. The number of hydrogen-bond acceptors (Lipinski definition) is 10. The van der Waals surface area contributed by atoms with E-state index in [9.17, 15) is 14.9 Å². The van der Waals surface area contributed by atoms with E-state index in [-0.39, 0.29) is 32.2 Å². The summed E-state index contributed by atoms with van der Waals surface area (Å²) in [6.07, 6.45) is 4.13. The number of aliphatic carboxylic acids is 2. The predicted molar refractivity (Wildman–Crippen MR) is 194 cm³/mol. The third-order valence-electron chi connectivity index (χ3n) is 8.41. The molecule has 13 heteroatoms. The second-order valence-electron chi connectivity index (χ2n) is 12.3. The minimum atomic E-state index is -0.846. The Morgan fingerprint density at radius 1 is 0.942 bits per heavy atom. The molecule has 12 nitrogen and oxygen atoms in total. The normalized spacial score (nSPS) is 13.3. The Hall–Kier alpha value is -5.35. The minimum Gasteiger partial charge on any atom is -0.488 e. The zero-order valence-electron chi connectivity index (χ0n) is 28.8. The number of nitrogens with zero attached hydrogens (tertiary/aromatic N) is 2. The summed E-state index contributed by atoms with van der Waals surface area (Å²) < 4.78 is 24.7. The van der Waals surface area contributed by atoms with Gasteiger partial charge in [0, 0.05) is 55.5 Å². The number of ether oxygens (including phenoxy) is 4. The molecule has 4 aromatic rings. The van der Waals surface area contributed by atoms with E-state index in [1.165, 1.54) is 6.20 Å². The van der Waals surface area contributed by atoms with Gasteiger partial charge in [-0.1, -0.05) is 35.9 Å². The van der Waals surface area contributed by atoms with Gasteiger partial charge in [-0.05, 0) is 79.4 Å². The number of carboxylic acids is 2. The fourth-order valence-electron chi connectivity index (χ4n) is 5.66. The second-order valence-corrected chi connectivity index (χ2v) is 12.7. The largest absolute Gasteiger partial charge is 0.488 e. The number of nitriles is 1. The van der Waals surface area contributed by atoms with Crippen molar-refractivity contribution in [3.8, 4) is 40.2 Å². The molecule has 0 bridgehead atoms. The molecule has 0 saturated heterocycles. The molecule has 0 saturated carbocycles. The van der Waals surface area contributed by atoms with Gasteiger partial charge in [0.1, 0.15) is 43.5 Å². The Morgan fingerprint density at radius 3 is 2.48 bits per heavy atom. The van der Waals surface area contributed by atoms with E-state index in [0.29, 0.717) is 79.2 Å². The summed E-state index contributed by atoms with van der Waals surface area (Å²) in [4.78, 5) is 25.8. The van der Waals surface area contributed by atoms with Gasteiger partial charge in [-0.25, -0.2) is 0 Å². The van der Waals surface area contributed by atoms with Crippen molar-refractivity contribution in [1.82, 2.24) is 15.6 Å². The van der Waals surface area contributed by atoms with Crippen LogP contribution in [0.5, 0.6) is 23.0 Å². The van der Waals surface area contributed by atoms with Gasteiger partial charge in [0.25, 0.3) is 0 Å². The number of carboxylic acid groups (broad SMARTS) is 2. The third-order valence-corrected chi connectivity index (χ3v) is 8.71. The van der Waals surface area contributed by atoms with Crippen molar-refractivity contribution >= 4 is 23.5 Å². The zero-order chi connectivity index (χ0) is 36.9. The van der Waals surface area contributed by atoms with E-state index in [4.69, 9.17) is 40.8 Å². The Morgan fingerprint density at radius 2 is 1.71 bits per heavy atom. The summed E-state index contributed by atoms with van der Waals surface area (Å²) >= 11 is 6.73. The van der Waals surface area contributed by atoms with E-state index in [0.717, 1.165) is 33.4 Å². The maximum Gasteiger partial charge on any atom is 0.303 e. The van der Waals surface area contributed by atoms with Crippen molar-refractivity contribution in [1.29, 1.82) is 5.26 Å². The number of nitrogens with one attached hydrogen (secondary N) is 2. The number of halogens is 1. The average Bonchev–Trinajstić information content (AvgIpc) is 3.13. The third kappa shape index (κ3) is 10.8. The smallest absolute Gasteiger partial charge is 0.303 e. The Bertz CT molecular complexity index is 1910. The van der Waals surface area contributed by atoms with Crippen molar-refractivity contribution in [3.05, 3.63) is 99.8 Å². The van der Waals surface area contributed by atoms with E-state index < -0.39 is 11.9 Å². The molecule has 1 aliphatic rings. The van der Waals surface area contributed by atoms with Crippen LogP contribution in [0.2, 0.25) is 5.02 Å². The van der Waals surface area contributed by atoms with Crippen molar-refractivity contribution in [2.45, 2.75) is 58.5 Å². The fraction of sp³-hybridized carbons (Fsp3) is 0.333. The summed E-state index contributed by atoms with van der Waals surface area (Å²) in [7, 11) is 0. The summed E-state index contributed by atoms with van der Waals surface area (Å²) in [6.45, 7) is 4.85. The molecule has 5 rings (SSSR count). The van der Waals surface area contributed by atoms with Crippen LogP contribution in [0, 0.1) is 18.3 Å². The van der Waals surface area contributed by atoms with E-state index in [1.807, 2.05) is 43.3 Å². The van der Waals surface area contributed by atoms with Gasteiger partial charge in [0.2, 0.25) is 0 Å². The maximum absolute atomic E-state index is 10.9. The molecule has 0 radical (unpaired) electrons. The summed E-state index contributed by atoms with van der Waals surface area (Å²) in [6, 6.07) is 19.2. The number of aromatic nitrogens is 1. The highest BCUT2D eigenvalue weighted by Crippen LogP contribution is 2.38. The maximum atomic E-state index is 10.9. The quantitative estimate of drug-likeness (QED) is 0.0797. The standard InChI is InChI=1S/C39H41ClN4O8/c1-25-29(5-2-6-32(25)28-9-10-34-37(15-28)52-31(24-51-34)21-43-12-4-8-39(47)48)23-50-36-16-35(49-22-27-13-26(17-41)18-44-19-27)30(14-33(36)40)20-42-11-3-7-38(45)46/h2,5-6,9-10,13-16,18-19,31,42-43H,3-4,7-8,11-12,20-24H2,1H3,(H,45,46)(H,47,48). The van der Waals surface area contributed by atoms with E-state index in [1.54, 1.807) is 24.4 Å². The molecule has 0 fully saturated rings. The van der Waals surface area contributed by atoms with Crippen LogP contribution in [-0.2, 0) is 29.3 Å². The number of benzene rings is 3. The van der Waals surface area contributed by atoms with Crippen molar-refractivity contribution in [3.63, 3.8) is 0 Å². The molecule has 272 valence electrons. The Balaban J connectivity index is 1.27. The molecule has 0 amide bonds. The number of pyridine rings is 1. The first-order chi connectivity index (χ1) is 25.2. The van der Waals surface area contributed by atoms with Crippen LogP contribution >= 0.6 is 11.6 Å².